The number of hydrogen-bond donors (Lipinski definition) is 1. The first-order chi connectivity index (χ1) is 12.5. The van der Waals surface area contributed by atoms with Crippen LogP contribution in [0.2, 0.25) is 0 Å². The highest BCUT2D eigenvalue weighted by Crippen LogP contribution is 2.41. The van der Waals surface area contributed by atoms with Crippen LogP contribution < -0.4 is 0 Å². The number of hydrogen-bond acceptors (Lipinski definition) is 4. The first-order valence-electron chi connectivity index (χ1n) is 9.26. The van der Waals surface area contributed by atoms with Crippen LogP contribution in [0, 0.1) is 6.92 Å². The van der Waals surface area contributed by atoms with Crippen LogP contribution in [0.1, 0.15) is 58.2 Å². The summed E-state index contributed by atoms with van der Waals surface area (Å²) in [6.45, 7) is 14.7. The van der Waals surface area contributed by atoms with Gasteiger partial charge in [-0.25, -0.2) is 0 Å². The summed E-state index contributed by atoms with van der Waals surface area (Å²) in [5, 5.41) is 15.1. The molecular weight excluding hydrogens is 336 g/mol. The predicted molar refractivity (Wildman–Crippen MR) is 109 cm³/mol. The van der Waals surface area contributed by atoms with Gasteiger partial charge in [0.15, 0.2) is 0 Å². The number of phenolic OH excluding ortho intramolecular Hbond substituents is 1. The highest BCUT2D eigenvalue weighted by molar-refractivity contribution is 5.70. The van der Waals surface area contributed by atoms with Gasteiger partial charge in [0, 0.05) is 11.1 Å². The van der Waals surface area contributed by atoms with Crippen LogP contribution in [-0.2, 0) is 10.8 Å². The Kier molecular flexibility index (Phi) is 4.62. The molecule has 0 bridgehead atoms. The fraction of sp³-hybridized carbons (Fsp3) is 0.391. The molecule has 0 radical (unpaired) electrons. The van der Waals surface area contributed by atoms with E-state index in [0.717, 1.165) is 22.3 Å². The highest BCUT2D eigenvalue weighted by atomic mass is 16.5. The first-order valence-corrected chi connectivity index (χ1v) is 9.26. The highest BCUT2D eigenvalue weighted by Gasteiger charge is 2.27. The number of rotatable bonds is 2. The van der Waals surface area contributed by atoms with Gasteiger partial charge in [0.1, 0.15) is 5.75 Å². The SMILES string of the molecule is Cc1ccccc1-c1noc(-c2cc(C(C)(C)C)cc(C(C)(C)C)c2O)n1. The van der Waals surface area contributed by atoms with E-state index in [2.05, 4.69) is 57.7 Å². The fourth-order valence-corrected chi connectivity index (χ4v) is 3.07. The van der Waals surface area contributed by atoms with Crippen LogP contribution in [0.4, 0.5) is 0 Å². The Balaban J connectivity index is 2.19. The van der Waals surface area contributed by atoms with Crippen molar-refractivity contribution in [3.8, 4) is 28.6 Å². The minimum Gasteiger partial charge on any atom is -0.507 e. The van der Waals surface area contributed by atoms with Gasteiger partial charge in [0.25, 0.3) is 5.89 Å². The molecule has 3 rings (SSSR count). The van der Waals surface area contributed by atoms with E-state index < -0.39 is 0 Å². The number of aryl methyl sites for hydroxylation is 1. The number of benzene rings is 2. The summed E-state index contributed by atoms with van der Waals surface area (Å²) in [4.78, 5) is 4.58. The van der Waals surface area contributed by atoms with E-state index in [0.29, 0.717) is 17.3 Å². The van der Waals surface area contributed by atoms with E-state index in [1.165, 1.54) is 0 Å². The van der Waals surface area contributed by atoms with Crippen LogP contribution in [0.25, 0.3) is 22.8 Å². The topological polar surface area (TPSA) is 59.2 Å². The zero-order valence-electron chi connectivity index (χ0n) is 17.2. The standard InChI is InChI=1S/C23H28N2O2/c1-14-10-8-9-11-16(14)20-24-21(27-25-20)17-12-15(22(2,3)4)13-18(19(17)26)23(5,6)7/h8-13,26H,1-7H3. The molecule has 4 nitrogen and oxygen atoms in total. The van der Waals surface area contributed by atoms with Crippen molar-refractivity contribution in [2.24, 2.45) is 0 Å². The number of aromatic hydroxyl groups is 1. The third-order valence-corrected chi connectivity index (χ3v) is 4.83. The quantitative estimate of drug-likeness (QED) is 0.605. The summed E-state index contributed by atoms with van der Waals surface area (Å²) < 4.78 is 5.56. The molecule has 27 heavy (non-hydrogen) atoms. The number of phenols is 1. The Morgan fingerprint density at radius 2 is 1.56 bits per heavy atom. The van der Waals surface area contributed by atoms with Gasteiger partial charge >= 0.3 is 0 Å². The van der Waals surface area contributed by atoms with E-state index in [1.54, 1.807) is 0 Å². The smallest absolute Gasteiger partial charge is 0.262 e. The predicted octanol–water partition coefficient (Wildman–Crippen LogP) is 6.01. The Morgan fingerprint density at radius 3 is 2.15 bits per heavy atom. The molecule has 1 heterocycles. The van der Waals surface area contributed by atoms with Gasteiger partial charge in [-0.05, 0) is 34.9 Å². The summed E-state index contributed by atoms with van der Waals surface area (Å²) in [5.74, 6) is 1.07. The Labute approximate surface area is 161 Å². The van der Waals surface area contributed by atoms with Gasteiger partial charge in [-0.2, -0.15) is 4.98 Å². The lowest BCUT2D eigenvalue weighted by Gasteiger charge is -2.26. The van der Waals surface area contributed by atoms with E-state index in [9.17, 15) is 5.11 Å². The molecule has 0 atom stereocenters. The number of aromatic nitrogens is 2. The van der Waals surface area contributed by atoms with Gasteiger partial charge in [-0.3, -0.25) is 0 Å². The molecule has 3 aromatic rings. The maximum Gasteiger partial charge on any atom is 0.262 e. The molecule has 142 valence electrons. The second-order valence-corrected chi connectivity index (χ2v) is 9.16. The lowest BCUT2D eigenvalue weighted by Crippen LogP contribution is -2.17. The molecule has 1 aromatic heterocycles. The van der Waals surface area contributed by atoms with Crippen molar-refractivity contribution in [2.75, 3.05) is 0 Å². The summed E-state index contributed by atoms with van der Waals surface area (Å²) in [6, 6.07) is 12.0. The van der Waals surface area contributed by atoms with Gasteiger partial charge in [0.05, 0.1) is 5.56 Å². The van der Waals surface area contributed by atoms with Gasteiger partial charge < -0.3 is 9.63 Å². The largest absolute Gasteiger partial charge is 0.507 e. The normalized spacial score (nSPS) is 12.4. The molecular formula is C23H28N2O2. The van der Waals surface area contributed by atoms with Crippen molar-refractivity contribution in [1.29, 1.82) is 0 Å². The van der Waals surface area contributed by atoms with Gasteiger partial charge in [-0.15, -0.1) is 0 Å². The lowest BCUT2D eigenvalue weighted by atomic mass is 9.79. The zero-order chi connectivity index (χ0) is 20.0. The van der Waals surface area contributed by atoms with Crippen LogP contribution >= 0.6 is 0 Å². The molecule has 0 amide bonds. The zero-order valence-corrected chi connectivity index (χ0v) is 17.2. The molecule has 0 aliphatic rings. The Morgan fingerprint density at radius 1 is 0.889 bits per heavy atom. The molecule has 0 aliphatic heterocycles. The third-order valence-electron chi connectivity index (χ3n) is 4.83. The lowest BCUT2D eigenvalue weighted by molar-refractivity contribution is 0.419. The van der Waals surface area contributed by atoms with E-state index in [4.69, 9.17) is 4.52 Å². The van der Waals surface area contributed by atoms with Crippen molar-refractivity contribution in [3.05, 3.63) is 53.1 Å². The molecule has 0 saturated carbocycles. The summed E-state index contributed by atoms with van der Waals surface area (Å²) in [5.41, 5.74) is 4.30. The van der Waals surface area contributed by atoms with Crippen molar-refractivity contribution in [3.63, 3.8) is 0 Å². The summed E-state index contributed by atoms with van der Waals surface area (Å²) >= 11 is 0. The molecule has 2 aromatic carbocycles. The maximum absolute atomic E-state index is 11.0. The van der Waals surface area contributed by atoms with Crippen LogP contribution in [0.5, 0.6) is 5.75 Å². The number of nitrogens with zero attached hydrogens (tertiary/aromatic N) is 2. The first kappa shape index (κ1) is 19.2. The molecule has 0 aliphatic carbocycles. The van der Waals surface area contributed by atoms with Crippen molar-refractivity contribution >= 4 is 0 Å². The van der Waals surface area contributed by atoms with E-state index in [-0.39, 0.29) is 16.6 Å². The third kappa shape index (κ3) is 3.75. The molecule has 0 spiro atoms. The van der Waals surface area contributed by atoms with Crippen molar-refractivity contribution in [1.82, 2.24) is 10.1 Å². The minimum atomic E-state index is -0.209. The Hall–Kier alpha value is -2.62. The molecule has 0 unspecified atom stereocenters. The molecule has 0 fully saturated rings. The minimum absolute atomic E-state index is 0.0681. The second-order valence-electron chi connectivity index (χ2n) is 9.16. The van der Waals surface area contributed by atoms with Crippen molar-refractivity contribution in [2.45, 2.75) is 59.3 Å². The van der Waals surface area contributed by atoms with Gasteiger partial charge in [-0.1, -0.05) is 77.0 Å². The van der Waals surface area contributed by atoms with E-state index >= 15 is 0 Å². The monoisotopic (exact) mass is 364 g/mol. The summed E-state index contributed by atoms with van der Waals surface area (Å²) in [6.07, 6.45) is 0. The van der Waals surface area contributed by atoms with Crippen LogP contribution in [0.3, 0.4) is 0 Å². The van der Waals surface area contributed by atoms with E-state index in [1.807, 2.05) is 37.3 Å². The second kappa shape index (κ2) is 6.52. The Bertz CT molecular complexity index is 973. The van der Waals surface area contributed by atoms with Crippen LogP contribution in [-0.4, -0.2) is 15.2 Å². The average molecular weight is 364 g/mol. The summed E-state index contributed by atoms with van der Waals surface area (Å²) in [7, 11) is 0. The maximum atomic E-state index is 11.0. The molecule has 0 saturated heterocycles. The molecule has 1 N–H and O–H groups in total. The fourth-order valence-electron chi connectivity index (χ4n) is 3.07. The molecule has 4 heteroatoms. The van der Waals surface area contributed by atoms with Gasteiger partial charge in [0.2, 0.25) is 5.82 Å². The average Bonchev–Trinajstić information content (AvgIpc) is 3.02. The van der Waals surface area contributed by atoms with Crippen LogP contribution in [0.15, 0.2) is 40.9 Å². The van der Waals surface area contributed by atoms with Crippen molar-refractivity contribution < 1.29 is 9.63 Å².